The van der Waals surface area contributed by atoms with Gasteiger partial charge in [0, 0.05) is 27.2 Å². The lowest BCUT2D eigenvalue weighted by molar-refractivity contribution is 0.0979. The number of halogens is 1. The topological polar surface area (TPSA) is 76.4 Å². The van der Waals surface area contributed by atoms with Crippen LogP contribution in [-0.4, -0.2) is 23.1 Å². The fourth-order valence-electron chi connectivity index (χ4n) is 3.66. The second-order valence-electron chi connectivity index (χ2n) is 7.48. The second-order valence-corrected chi connectivity index (χ2v) is 8.29. The number of methoxy groups -OCH3 is 1. The minimum Gasteiger partial charge on any atom is -0.497 e. The first-order valence-corrected chi connectivity index (χ1v) is 11.1. The maximum absolute atomic E-state index is 12.9. The molecule has 0 atom stereocenters. The molecule has 34 heavy (non-hydrogen) atoms. The Bertz CT molecular complexity index is 1550. The number of rotatable bonds is 4. The number of amides is 1. The molecule has 4 aromatic carbocycles. The number of ether oxygens (including phenoxy) is 1. The summed E-state index contributed by atoms with van der Waals surface area (Å²) >= 11 is 11.6. The largest absolute Gasteiger partial charge is 0.497 e. The molecule has 0 bridgehead atoms. The van der Waals surface area contributed by atoms with Gasteiger partial charge in [0.15, 0.2) is 10.7 Å². The standard InChI is InChI=1S/C26H18ClN3O3S/c1-32-17-11-8-15(9-12-17)25-29-22-14-16(10-13-23(22)33-25)28-26(34)30-24(31)20-6-2-5-19-18(20)4-3-7-21(19)27/h2-14H,1H3,(H2,28,30,31,34). The van der Waals surface area contributed by atoms with E-state index < -0.39 is 0 Å². The third-order valence-corrected chi connectivity index (χ3v) is 5.86. The van der Waals surface area contributed by atoms with Crippen molar-refractivity contribution >= 4 is 62.4 Å². The van der Waals surface area contributed by atoms with E-state index in [1.54, 1.807) is 31.4 Å². The molecule has 0 fully saturated rings. The Hall–Kier alpha value is -3.94. The highest BCUT2D eigenvalue weighted by molar-refractivity contribution is 7.80. The van der Waals surface area contributed by atoms with Gasteiger partial charge in [-0.1, -0.05) is 35.9 Å². The van der Waals surface area contributed by atoms with E-state index in [9.17, 15) is 4.79 Å². The molecule has 0 saturated heterocycles. The minimum absolute atomic E-state index is 0.169. The zero-order chi connectivity index (χ0) is 23.7. The van der Waals surface area contributed by atoms with Crippen molar-refractivity contribution < 1.29 is 13.9 Å². The summed E-state index contributed by atoms with van der Waals surface area (Å²) in [5.41, 5.74) is 3.30. The van der Waals surface area contributed by atoms with Crippen LogP contribution in [0.15, 0.2) is 83.3 Å². The molecule has 1 amide bonds. The number of oxazole rings is 1. The number of hydrogen-bond acceptors (Lipinski definition) is 5. The van der Waals surface area contributed by atoms with Gasteiger partial charge in [-0.15, -0.1) is 0 Å². The van der Waals surface area contributed by atoms with E-state index in [4.69, 9.17) is 33.0 Å². The monoisotopic (exact) mass is 487 g/mol. The number of nitrogens with one attached hydrogen (secondary N) is 2. The zero-order valence-corrected chi connectivity index (χ0v) is 19.5. The van der Waals surface area contributed by atoms with Gasteiger partial charge < -0.3 is 14.5 Å². The molecule has 2 N–H and O–H groups in total. The van der Waals surface area contributed by atoms with Crippen LogP contribution >= 0.6 is 23.8 Å². The molecule has 168 valence electrons. The fraction of sp³-hybridized carbons (Fsp3) is 0.0385. The maximum Gasteiger partial charge on any atom is 0.258 e. The number of aromatic nitrogens is 1. The van der Waals surface area contributed by atoms with Crippen LogP contribution in [0.1, 0.15) is 10.4 Å². The highest BCUT2D eigenvalue weighted by Gasteiger charge is 2.14. The predicted molar refractivity (Wildman–Crippen MR) is 139 cm³/mol. The smallest absolute Gasteiger partial charge is 0.258 e. The Morgan fingerprint density at radius 1 is 1.00 bits per heavy atom. The van der Waals surface area contributed by atoms with E-state index in [1.165, 1.54) is 0 Å². The molecule has 0 saturated carbocycles. The SMILES string of the molecule is COc1ccc(-c2nc3cc(NC(=S)NC(=O)c4cccc5c(Cl)cccc45)ccc3o2)cc1. The van der Waals surface area contributed by atoms with Crippen LogP contribution in [0.2, 0.25) is 5.02 Å². The summed E-state index contributed by atoms with van der Waals surface area (Å²) in [4.78, 5) is 17.4. The minimum atomic E-state index is -0.324. The fourth-order valence-corrected chi connectivity index (χ4v) is 4.11. The lowest BCUT2D eigenvalue weighted by Crippen LogP contribution is -2.34. The first kappa shape index (κ1) is 21.9. The van der Waals surface area contributed by atoms with Crippen molar-refractivity contribution in [3.05, 3.63) is 89.4 Å². The van der Waals surface area contributed by atoms with Gasteiger partial charge >= 0.3 is 0 Å². The summed E-state index contributed by atoms with van der Waals surface area (Å²) < 4.78 is 11.1. The third kappa shape index (κ3) is 4.31. The second kappa shape index (κ2) is 9.13. The van der Waals surface area contributed by atoms with Crippen molar-refractivity contribution in [1.82, 2.24) is 10.3 Å². The molecule has 8 heteroatoms. The summed E-state index contributed by atoms with van der Waals surface area (Å²) in [5, 5.41) is 8.08. The van der Waals surface area contributed by atoms with Gasteiger partial charge in [0.05, 0.1) is 7.11 Å². The summed E-state index contributed by atoms with van der Waals surface area (Å²) in [7, 11) is 1.62. The number of carbonyl (C=O) groups is 1. The normalized spacial score (nSPS) is 10.9. The third-order valence-electron chi connectivity index (χ3n) is 5.32. The van der Waals surface area contributed by atoms with E-state index in [0.29, 0.717) is 33.3 Å². The first-order chi connectivity index (χ1) is 16.5. The van der Waals surface area contributed by atoms with E-state index in [-0.39, 0.29) is 11.0 Å². The van der Waals surface area contributed by atoms with Gasteiger partial charge in [0.25, 0.3) is 5.91 Å². The van der Waals surface area contributed by atoms with Crippen LogP contribution in [0.5, 0.6) is 5.75 Å². The highest BCUT2D eigenvalue weighted by atomic mass is 35.5. The molecule has 0 aliphatic rings. The number of nitrogens with zero attached hydrogens (tertiary/aromatic N) is 1. The van der Waals surface area contributed by atoms with Crippen LogP contribution in [0.25, 0.3) is 33.3 Å². The van der Waals surface area contributed by atoms with Crippen molar-refractivity contribution in [3.8, 4) is 17.2 Å². The Kier molecular flexibility index (Phi) is 5.88. The molecule has 0 radical (unpaired) electrons. The number of carbonyl (C=O) groups excluding carboxylic acids is 1. The van der Waals surface area contributed by atoms with Gasteiger partial charge in [-0.3, -0.25) is 10.1 Å². The number of fused-ring (bicyclic) bond motifs is 2. The zero-order valence-electron chi connectivity index (χ0n) is 18.0. The maximum atomic E-state index is 12.9. The van der Waals surface area contributed by atoms with Crippen molar-refractivity contribution in [2.24, 2.45) is 0 Å². The summed E-state index contributed by atoms with van der Waals surface area (Å²) in [6.07, 6.45) is 0. The predicted octanol–water partition coefficient (Wildman–Crippen LogP) is 6.44. The summed E-state index contributed by atoms with van der Waals surface area (Å²) in [6.45, 7) is 0. The average molecular weight is 488 g/mol. The molecule has 0 unspecified atom stereocenters. The van der Waals surface area contributed by atoms with Crippen molar-refractivity contribution in [2.75, 3.05) is 12.4 Å². The molecule has 6 nitrogen and oxygen atoms in total. The lowest BCUT2D eigenvalue weighted by atomic mass is 10.0. The Balaban J connectivity index is 1.32. The number of thiocarbonyl (C=S) groups is 1. The average Bonchev–Trinajstić information content (AvgIpc) is 3.27. The molecule has 5 rings (SSSR count). The van der Waals surface area contributed by atoms with Crippen molar-refractivity contribution in [2.45, 2.75) is 0 Å². The molecule has 0 spiro atoms. The van der Waals surface area contributed by atoms with Gasteiger partial charge in [0.2, 0.25) is 5.89 Å². The molecular weight excluding hydrogens is 470 g/mol. The van der Waals surface area contributed by atoms with Gasteiger partial charge in [0.1, 0.15) is 11.3 Å². The van der Waals surface area contributed by atoms with Crippen LogP contribution in [-0.2, 0) is 0 Å². The van der Waals surface area contributed by atoms with E-state index in [1.807, 2.05) is 54.6 Å². The van der Waals surface area contributed by atoms with Crippen LogP contribution < -0.4 is 15.4 Å². The Labute approximate surface area is 205 Å². The Morgan fingerprint density at radius 2 is 1.76 bits per heavy atom. The van der Waals surface area contributed by atoms with E-state index >= 15 is 0 Å². The van der Waals surface area contributed by atoms with Crippen LogP contribution in [0, 0.1) is 0 Å². The van der Waals surface area contributed by atoms with Crippen LogP contribution in [0.4, 0.5) is 5.69 Å². The summed E-state index contributed by atoms with van der Waals surface area (Å²) in [6, 6.07) is 23.7. The van der Waals surface area contributed by atoms with Gasteiger partial charge in [-0.05, 0) is 72.2 Å². The lowest BCUT2D eigenvalue weighted by Gasteiger charge is -2.11. The molecule has 1 heterocycles. The molecule has 0 aliphatic heterocycles. The first-order valence-electron chi connectivity index (χ1n) is 10.4. The Morgan fingerprint density at radius 3 is 2.56 bits per heavy atom. The molecule has 5 aromatic rings. The molecular formula is C26H18ClN3O3S. The number of benzene rings is 4. The van der Waals surface area contributed by atoms with E-state index in [0.717, 1.165) is 22.1 Å². The van der Waals surface area contributed by atoms with Crippen LogP contribution in [0.3, 0.4) is 0 Å². The quantitative estimate of drug-likeness (QED) is 0.284. The van der Waals surface area contributed by atoms with Gasteiger partial charge in [-0.2, -0.15) is 0 Å². The van der Waals surface area contributed by atoms with Crippen molar-refractivity contribution in [1.29, 1.82) is 0 Å². The van der Waals surface area contributed by atoms with E-state index in [2.05, 4.69) is 15.6 Å². The summed E-state index contributed by atoms with van der Waals surface area (Å²) in [5.74, 6) is 0.934. The highest BCUT2D eigenvalue weighted by Crippen LogP contribution is 2.28. The number of anilines is 1. The van der Waals surface area contributed by atoms with Crippen molar-refractivity contribution in [3.63, 3.8) is 0 Å². The van der Waals surface area contributed by atoms with Gasteiger partial charge in [-0.25, -0.2) is 4.98 Å². The molecule has 0 aliphatic carbocycles. The molecule has 1 aromatic heterocycles. The number of hydrogen-bond donors (Lipinski definition) is 2.